The molecule has 0 radical (unpaired) electrons. The van der Waals surface area contributed by atoms with Gasteiger partial charge in [-0.25, -0.2) is 4.79 Å². The van der Waals surface area contributed by atoms with E-state index in [1.807, 2.05) is 6.07 Å². The SMILES string of the molecule is N#Cc1cc([C@H](NC(=O)C2CNC(=O)N2)c2ccc(OC(F)(F)F)cc2)ccc1Cl. The number of nitrogens with zero attached hydrogens (tertiary/aromatic N) is 1. The molecule has 30 heavy (non-hydrogen) atoms. The molecule has 1 heterocycles. The van der Waals surface area contributed by atoms with Gasteiger partial charge >= 0.3 is 12.4 Å². The zero-order chi connectivity index (χ0) is 21.9. The van der Waals surface area contributed by atoms with Crippen LogP contribution in [0.3, 0.4) is 0 Å². The third-order valence-electron chi connectivity index (χ3n) is 4.27. The Hall–Kier alpha value is -3.45. The second-order valence-electron chi connectivity index (χ2n) is 6.32. The lowest BCUT2D eigenvalue weighted by Crippen LogP contribution is -2.44. The van der Waals surface area contributed by atoms with Crippen molar-refractivity contribution >= 4 is 23.5 Å². The molecule has 2 aromatic carbocycles. The molecule has 0 aromatic heterocycles. The van der Waals surface area contributed by atoms with Gasteiger partial charge < -0.3 is 20.7 Å². The Bertz CT molecular complexity index is 1010. The molecule has 156 valence electrons. The molecule has 3 amide bonds. The summed E-state index contributed by atoms with van der Waals surface area (Å²) < 4.78 is 41.1. The summed E-state index contributed by atoms with van der Waals surface area (Å²) in [4.78, 5) is 23.9. The van der Waals surface area contributed by atoms with Crippen LogP contribution < -0.4 is 20.7 Å². The highest BCUT2D eigenvalue weighted by Gasteiger charge is 2.32. The Morgan fingerprint density at radius 2 is 1.90 bits per heavy atom. The van der Waals surface area contributed by atoms with E-state index in [4.69, 9.17) is 11.6 Å². The average Bonchev–Trinajstić information content (AvgIpc) is 3.12. The van der Waals surface area contributed by atoms with Crippen molar-refractivity contribution in [2.75, 3.05) is 6.54 Å². The monoisotopic (exact) mass is 438 g/mol. The molecule has 1 saturated heterocycles. The van der Waals surface area contributed by atoms with Gasteiger partial charge in [-0.15, -0.1) is 13.2 Å². The Labute approximate surface area is 173 Å². The quantitative estimate of drug-likeness (QED) is 0.667. The first-order valence-electron chi connectivity index (χ1n) is 8.56. The van der Waals surface area contributed by atoms with Crippen LogP contribution in [0.15, 0.2) is 42.5 Å². The van der Waals surface area contributed by atoms with Gasteiger partial charge in [-0.05, 0) is 35.4 Å². The first-order valence-corrected chi connectivity index (χ1v) is 8.94. The van der Waals surface area contributed by atoms with Crippen LogP contribution in [-0.2, 0) is 4.79 Å². The summed E-state index contributed by atoms with van der Waals surface area (Å²) in [6, 6.07) is 9.28. The van der Waals surface area contributed by atoms with Gasteiger partial charge in [0, 0.05) is 6.54 Å². The molecule has 1 aliphatic rings. The normalized spacial score (nSPS) is 16.8. The fraction of sp³-hybridized carbons (Fsp3) is 0.211. The number of nitrogens with one attached hydrogen (secondary N) is 3. The van der Waals surface area contributed by atoms with E-state index in [0.29, 0.717) is 11.1 Å². The number of alkyl halides is 3. The van der Waals surface area contributed by atoms with Crippen LogP contribution in [0.25, 0.3) is 0 Å². The molecular formula is C19H14ClF3N4O3. The summed E-state index contributed by atoms with van der Waals surface area (Å²) in [7, 11) is 0. The van der Waals surface area contributed by atoms with E-state index in [0.717, 1.165) is 12.1 Å². The molecule has 3 rings (SSSR count). The van der Waals surface area contributed by atoms with Crippen molar-refractivity contribution in [2.45, 2.75) is 18.4 Å². The fourth-order valence-electron chi connectivity index (χ4n) is 2.89. The number of amides is 3. The lowest BCUT2D eigenvalue weighted by atomic mass is 9.96. The molecule has 2 atom stereocenters. The van der Waals surface area contributed by atoms with Gasteiger partial charge in [0.05, 0.1) is 16.6 Å². The number of carbonyl (C=O) groups excluding carboxylic acids is 2. The van der Waals surface area contributed by atoms with Crippen LogP contribution in [0.1, 0.15) is 22.7 Å². The lowest BCUT2D eigenvalue weighted by molar-refractivity contribution is -0.274. The third-order valence-corrected chi connectivity index (χ3v) is 4.60. The maximum atomic E-state index is 12.6. The van der Waals surface area contributed by atoms with Crippen molar-refractivity contribution in [3.63, 3.8) is 0 Å². The smallest absolute Gasteiger partial charge is 0.406 e. The molecule has 3 N–H and O–H groups in total. The number of carbonyl (C=O) groups is 2. The molecule has 1 unspecified atom stereocenters. The van der Waals surface area contributed by atoms with Crippen molar-refractivity contribution in [1.29, 1.82) is 5.26 Å². The molecule has 0 bridgehead atoms. The molecule has 0 spiro atoms. The lowest BCUT2D eigenvalue weighted by Gasteiger charge is -2.22. The first kappa shape index (κ1) is 21.3. The van der Waals surface area contributed by atoms with Crippen molar-refractivity contribution < 1.29 is 27.5 Å². The number of urea groups is 1. The minimum absolute atomic E-state index is 0.0831. The average molecular weight is 439 g/mol. The number of rotatable bonds is 5. The summed E-state index contributed by atoms with van der Waals surface area (Å²) in [6.07, 6.45) is -4.83. The zero-order valence-corrected chi connectivity index (χ0v) is 15.8. The standard InChI is InChI=1S/C19H14ClF3N4O3/c20-14-6-3-11(7-12(14)8-24)16(27-17(28)15-9-25-18(29)26-15)10-1-4-13(5-2-10)30-19(21,22)23/h1-7,15-16H,9H2,(H,27,28)(H2,25,26,29)/t15?,16-/m1/s1. The summed E-state index contributed by atoms with van der Waals surface area (Å²) in [5.41, 5.74) is 1.08. The minimum atomic E-state index is -4.83. The van der Waals surface area contributed by atoms with Gasteiger partial charge in [-0.2, -0.15) is 5.26 Å². The highest BCUT2D eigenvalue weighted by Crippen LogP contribution is 2.29. The van der Waals surface area contributed by atoms with E-state index in [-0.39, 0.29) is 17.1 Å². The molecule has 0 aliphatic carbocycles. The summed E-state index contributed by atoms with van der Waals surface area (Å²) in [5, 5.41) is 17.1. The second kappa shape index (κ2) is 8.51. The maximum absolute atomic E-state index is 12.6. The van der Waals surface area contributed by atoms with Crippen LogP contribution in [0, 0.1) is 11.3 Å². The molecule has 0 saturated carbocycles. The minimum Gasteiger partial charge on any atom is -0.406 e. The van der Waals surface area contributed by atoms with E-state index >= 15 is 0 Å². The van der Waals surface area contributed by atoms with Crippen LogP contribution in [0.4, 0.5) is 18.0 Å². The second-order valence-corrected chi connectivity index (χ2v) is 6.72. The van der Waals surface area contributed by atoms with E-state index in [1.54, 1.807) is 6.07 Å². The predicted octanol–water partition coefficient (Wildman–Crippen LogP) is 3.00. The van der Waals surface area contributed by atoms with Gasteiger partial charge in [-0.3, -0.25) is 4.79 Å². The van der Waals surface area contributed by atoms with Crippen LogP contribution in [0.2, 0.25) is 5.02 Å². The summed E-state index contributed by atoms with van der Waals surface area (Å²) in [6.45, 7) is 0.0831. The number of hydrogen-bond donors (Lipinski definition) is 3. The number of hydrogen-bond acceptors (Lipinski definition) is 4. The highest BCUT2D eigenvalue weighted by atomic mass is 35.5. The Morgan fingerprint density at radius 1 is 1.23 bits per heavy atom. The molecule has 1 fully saturated rings. The fourth-order valence-corrected chi connectivity index (χ4v) is 3.05. The molecule has 2 aromatic rings. The van der Waals surface area contributed by atoms with Gasteiger partial charge in [0.1, 0.15) is 17.9 Å². The topological polar surface area (TPSA) is 103 Å². The van der Waals surface area contributed by atoms with Gasteiger partial charge in [0.15, 0.2) is 0 Å². The third kappa shape index (κ3) is 5.12. The summed E-state index contributed by atoms with van der Waals surface area (Å²) >= 11 is 5.97. The maximum Gasteiger partial charge on any atom is 0.573 e. The van der Waals surface area contributed by atoms with E-state index in [1.165, 1.54) is 24.3 Å². The van der Waals surface area contributed by atoms with Gasteiger partial charge in [0.25, 0.3) is 0 Å². The van der Waals surface area contributed by atoms with Gasteiger partial charge in [-0.1, -0.05) is 29.8 Å². The van der Waals surface area contributed by atoms with Crippen LogP contribution >= 0.6 is 11.6 Å². The van der Waals surface area contributed by atoms with Crippen molar-refractivity contribution in [3.05, 3.63) is 64.2 Å². The first-order chi connectivity index (χ1) is 14.2. The van der Waals surface area contributed by atoms with Crippen LogP contribution in [-0.4, -0.2) is 30.9 Å². The summed E-state index contributed by atoms with van der Waals surface area (Å²) in [5.74, 6) is -0.931. The predicted molar refractivity (Wildman–Crippen MR) is 99.6 cm³/mol. The number of nitriles is 1. The zero-order valence-electron chi connectivity index (χ0n) is 15.1. The Balaban J connectivity index is 1.92. The van der Waals surface area contributed by atoms with E-state index < -0.39 is 36.1 Å². The van der Waals surface area contributed by atoms with E-state index in [2.05, 4.69) is 20.7 Å². The van der Waals surface area contributed by atoms with Gasteiger partial charge in [0.2, 0.25) is 5.91 Å². The molecular weight excluding hydrogens is 425 g/mol. The van der Waals surface area contributed by atoms with Crippen molar-refractivity contribution in [3.8, 4) is 11.8 Å². The highest BCUT2D eigenvalue weighted by molar-refractivity contribution is 6.31. The molecule has 1 aliphatic heterocycles. The molecule has 7 nitrogen and oxygen atoms in total. The van der Waals surface area contributed by atoms with Crippen LogP contribution in [0.5, 0.6) is 5.75 Å². The van der Waals surface area contributed by atoms with Crippen molar-refractivity contribution in [2.24, 2.45) is 0 Å². The number of halogens is 4. The largest absolute Gasteiger partial charge is 0.573 e. The van der Waals surface area contributed by atoms with Crippen molar-refractivity contribution in [1.82, 2.24) is 16.0 Å². The Kier molecular flexibility index (Phi) is 6.03. The Morgan fingerprint density at radius 3 is 2.47 bits per heavy atom. The molecule has 11 heteroatoms. The van der Waals surface area contributed by atoms with E-state index in [9.17, 15) is 28.0 Å². The number of benzene rings is 2. The number of ether oxygens (including phenoxy) is 1.